The van der Waals surface area contributed by atoms with Crippen LogP contribution in [0.5, 0.6) is 0 Å². The number of sulfonamides is 1. The molecule has 2 aromatic rings. The first kappa shape index (κ1) is 28.6. The molecule has 38 heavy (non-hydrogen) atoms. The molecule has 1 saturated heterocycles. The Morgan fingerprint density at radius 3 is 2.55 bits per heavy atom. The average molecular weight is 552 g/mol. The number of rotatable bonds is 8. The number of amides is 1. The van der Waals surface area contributed by atoms with E-state index in [2.05, 4.69) is 28.4 Å². The van der Waals surface area contributed by atoms with E-state index in [0.717, 1.165) is 67.0 Å². The fourth-order valence-corrected chi connectivity index (χ4v) is 6.79. The maximum Gasteiger partial charge on any atom is 0.416 e. The molecule has 6 nitrogen and oxygen atoms in total. The van der Waals surface area contributed by atoms with Gasteiger partial charge >= 0.3 is 6.18 Å². The van der Waals surface area contributed by atoms with Gasteiger partial charge in [0.15, 0.2) is 0 Å². The van der Waals surface area contributed by atoms with Gasteiger partial charge in [-0.3, -0.25) is 9.69 Å². The third-order valence-corrected chi connectivity index (χ3v) is 9.62. The van der Waals surface area contributed by atoms with E-state index >= 15 is 0 Å². The summed E-state index contributed by atoms with van der Waals surface area (Å²) in [4.78, 5) is 15.0. The highest BCUT2D eigenvalue weighted by Crippen LogP contribution is 2.33. The van der Waals surface area contributed by atoms with Crippen molar-refractivity contribution in [1.29, 1.82) is 0 Å². The van der Waals surface area contributed by atoms with Crippen LogP contribution in [0.3, 0.4) is 0 Å². The second-order valence-corrected chi connectivity index (χ2v) is 12.5. The van der Waals surface area contributed by atoms with Crippen LogP contribution in [0.1, 0.15) is 73.7 Å². The fourth-order valence-electron chi connectivity index (χ4n) is 5.38. The Morgan fingerprint density at radius 1 is 1.11 bits per heavy atom. The van der Waals surface area contributed by atoms with E-state index in [9.17, 15) is 26.4 Å². The van der Waals surface area contributed by atoms with Crippen LogP contribution < -0.4 is 5.32 Å². The number of piperidine rings is 1. The number of fused-ring (bicyclic) bond motifs is 1. The maximum absolute atomic E-state index is 13.1. The minimum absolute atomic E-state index is 0.104. The van der Waals surface area contributed by atoms with Crippen LogP contribution in [-0.4, -0.2) is 49.7 Å². The van der Waals surface area contributed by atoms with Crippen LogP contribution in [0.2, 0.25) is 0 Å². The van der Waals surface area contributed by atoms with Gasteiger partial charge in [0.2, 0.25) is 15.9 Å². The zero-order valence-electron chi connectivity index (χ0n) is 21.9. The van der Waals surface area contributed by atoms with E-state index in [0.29, 0.717) is 6.07 Å². The minimum Gasteiger partial charge on any atom is -0.349 e. The van der Waals surface area contributed by atoms with E-state index in [4.69, 9.17) is 0 Å². The number of nitrogens with zero attached hydrogens (tertiary/aromatic N) is 2. The van der Waals surface area contributed by atoms with Gasteiger partial charge in [-0.25, -0.2) is 8.42 Å². The molecule has 0 saturated carbocycles. The summed E-state index contributed by atoms with van der Waals surface area (Å²) in [6.45, 7) is 4.78. The molecule has 1 fully saturated rings. The van der Waals surface area contributed by atoms with Crippen LogP contribution in [-0.2, 0) is 34.0 Å². The second kappa shape index (κ2) is 11.8. The van der Waals surface area contributed by atoms with Crippen molar-refractivity contribution in [3.8, 4) is 0 Å². The maximum atomic E-state index is 13.1. The van der Waals surface area contributed by atoms with Crippen LogP contribution >= 0.6 is 0 Å². The molecule has 2 aliphatic rings. The summed E-state index contributed by atoms with van der Waals surface area (Å²) in [5.74, 6) is -0.293. The predicted molar refractivity (Wildman–Crippen MR) is 140 cm³/mol. The number of carbonyl (C=O) groups is 1. The fraction of sp³-hybridized carbons (Fsp3) is 0.536. The third kappa shape index (κ3) is 6.76. The first-order chi connectivity index (χ1) is 17.9. The van der Waals surface area contributed by atoms with Crippen molar-refractivity contribution < 1.29 is 26.4 Å². The van der Waals surface area contributed by atoms with Crippen LogP contribution in [0.4, 0.5) is 13.2 Å². The van der Waals surface area contributed by atoms with E-state index in [-0.39, 0.29) is 18.4 Å². The molecule has 0 bridgehead atoms. The summed E-state index contributed by atoms with van der Waals surface area (Å²) in [5, 5.41) is 3.06. The summed E-state index contributed by atoms with van der Waals surface area (Å²) in [7, 11) is -2.93. The first-order valence-electron chi connectivity index (χ1n) is 13.2. The zero-order valence-corrected chi connectivity index (χ0v) is 22.7. The van der Waals surface area contributed by atoms with Crippen LogP contribution in [0.25, 0.3) is 0 Å². The molecule has 1 aliphatic carbocycles. The molecule has 0 radical (unpaired) electrons. The number of likely N-dealkylation sites (tertiary alicyclic amines) is 1. The number of nitrogens with one attached hydrogen (secondary N) is 1. The van der Waals surface area contributed by atoms with Crippen LogP contribution in [0, 0.1) is 0 Å². The molecule has 0 spiro atoms. The summed E-state index contributed by atoms with van der Waals surface area (Å²) >= 11 is 0. The highest BCUT2D eigenvalue weighted by Gasteiger charge is 2.34. The first-order valence-corrected chi connectivity index (χ1v) is 14.7. The van der Waals surface area contributed by atoms with E-state index < -0.39 is 32.7 Å². The molecule has 4 rings (SSSR count). The Kier molecular flexibility index (Phi) is 8.84. The smallest absolute Gasteiger partial charge is 0.349 e. The largest absolute Gasteiger partial charge is 0.416 e. The summed E-state index contributed by atoms with van der Waals surface area (Å²) in [6.07, 6.45) is 1.74. The summed E-state index contributed by atoms with van der Waals surface area (Å²) in [6, 6.07) is 9.25. The van der Waals surface area contributed by atoms with E-state index in [1.165, 1.54) is 37.4 Å². The lowest BCUT2D eigenvalue weighted by atomic mass is 9.86. The standard InChI is InChI=1S/C28H36F3N3O3S/c1-20(33(2)38(36,37)24-10-7-9-23(18-24)28(29,30)31)16-27(35)32-26-11-6-8-22-17-21(12-13-25(22)26)19-34-14-4-3-5-15-34/h7,9-10,12-13,17-18,20,26H,3-6,8,11,14-16,19H2,1-2H3,(H,32,35)/t20-,26+/m0/s1. The number of carbonyl (C=O) groups excluding carboxylic acids is 1. The van der Waals surface area contributed by atoms with Crippen molar-refractivity contribution in [3.63, 3.8) is 0 Å². The Bertz CT molecular complexity index is 1240. The minimum atomic E-state index is -4.65. The van der Waals surface area contributed by atoms with Gasteiger partial charge < -0.3 is 5.32 Å². The number of halogens is 3. The van der Waals surface area contributed by atoms with Crippen molar-refractivity contribution >= 4 is 15.9 Å². The van der Waals surface area contributed by atoms with Crippen LogP contribution in [0.15, 0.2) is 47.4 Å². The predicted octanol–water partition coefficient (Wildman–Crippen LogP) is 5.28. The SMILES string of the molecule is C[C@@H](CC(=O)N[C@@H]1CCCc2cc(CN3CCCCC3)ccc21)N(C)S(=O)(=O)c1cccc(C(F)(F)F)c1. The molecule has 2 atom stereocenters. The zero-order chi connectivity index (χ0) is 27.5. The number of benzene rings is 2. The van der Waals surface area contributed by atoms with Gasteiger partial charge in [0.25, 0.3) is 0 Å². The van der Waals surface area contributed by atoms with Crippen molar-refractivity contribution in [2.45, 2.75) is 81.6 Å². The Labute approximate surface area is 223 Å². The van der Waals surface area contributed by atoms with Gasteiger partial charge in [-0.15, -0.1) is 0 Å². The molecule has 2 aromatic carbocycles. The lowest BCUT2D eigenvalue weighted by Gasteiger charge is -2.30. The highest BCUT2D eigenvalue weighted by molar-refractivity contribution is 7.89. The molecule has 0 unspecified atom stereocenters. The summed E-state index contributed by atoms with van der Waals surface area (Å²) in [5.41, 5.74) is 2.60. The van der Waals surface area contributed by atoms with Gasteiger partial charge in [-0.2, -0.15) is 17.5 Å². The van der Waals surface area contributed by atoms with Crippen molar-refractivity contribution in [2.24, 2.45) is 0 Å². The van der Waals surface area contributed by atoms with Crippen molar-refractivity contribution in [2.75, 3.05) is 20.1 Å². The molecular formula is C28H36F3N3O3S. The number of aryl methyl sites for hydroxylation is 1. The Morgan fingerprint density at radius 2 is 1.84 bits per heavy atom. The van der Waals surface area contributed by atoms with Gasteiger partial charge in [-0.05, 0) is 87.0 Å². The lowest BCUT2D eigenvalue weighted by Crippen LogP contribution is -2.40. The van der Waals surface area contributed by atoms with Crippen molar-refractivity contribution in [3.05, 3.63) is 64.7 Å². The average Bonchev–Trinajstić information content (AvgIpc) is 2.88. The van der Waals surface area contributed by atoms with E-state index in [1.807, 2.05) is 0 Å². The second-order valence-electron chi connectivity index (χ2n) is 10.5. The Hall–Kier alpha value is -2.43. The number of hydrogen-bond acceptors (Lipinski definition) is 4. The lowest BCUT2D eigenvalue weighted by molar-refractivity contribution is -0.137. The monoisotopic (exact) mass is 551 g/mol. The molecule has 1 N–H and O–H groups in total. The van der Waals surface area contributed by atoms with Crippen molar-refractivity contribution in [1.82, 2.24) is 14.5 Å². The molecule has 208 valence electrons. The third-order valence-electron chi connectivity index (χ3n) is 7.65. The van der Waals surface area contributed by atoms with Gasteiger partial charge in [-0.1, -0.05) is 30.7 Å². The van der Waals surface area contributed by atoms with Gasteiger partial charge in [0.05, 0.1) is 16.5 Å². The Balaban J connectivity index is 1.39. The quantitative estimate of drug-likeness (QED) is 0.485. The van der Waals surface area contributed by atoms with Gasteiger partial charge in [0, 0.05) is 26.1 Å². The van der Waals surface area contributed by atoms with Gasteiger partial charge in [0.1, 0.15) is 0 Å². The molecule has 0 aromatic heterocycles. The van der Waals surface area contributed by atoms with E-state index in [1.54, 1.807) is 6.92 Å². The molecule has 1 aliphatic heterocycles. The number of hydrogen-bond donors (Lipinski definition) is 1. The molecular weight excluding hydrogens is 515 g/mol. The molecule has 10 heteroatoms. The number of alkyl halides is 3. The summed E-state index contributed by atoms with van der Waals surface area (Å²) < 4.78 is 66.2. The molecule has 1 amide bonds. The molecule has 1 heterocycles. The topological polar surface area (TPSA) is 69.7 Å². The normalized spacial score (nSPS) is 19.7. The highest BCUT2D eigenvalue weighted by atomic mass is 32.2.